The minimum atomic E-state index is -0.714. The van der Waals surface area contributed by atoms with Gasteiger partial charge in [0.25, 0.3) is 5.91 Å². The summed E-state index contributed by atoms with van der Waals surface area (Å²) in [4.78, 5) is 17.5. The van der Waals surface area contributed by atoms with Crippen LogP contribution in [0.3, 0.4) is 0 Å². The Labute approximate surface area is 88.6 Å². The Morgan fingerprint density at radius 3 is 2.67 bits per heavy atom. The van der Waals surface area contributed by atoms with E-state index in [1.807, 2.05) is 13.0 Å². The number of β-amino-alcohol motifs (C(OH)–C–C–N with tert-alkyl or cyclic N) is 1. The number of aryl methyl sites for hydroxylation is 1. The highest BCUT2D eigenvalue weighted by Crippen LogP contribution is 2.21. The molecule has 0 saturated carbocycles. The zero-order valence-corrected chi connectivity index (χ0v) is 8.90. The topological polar surface area (TPSA) is 53.4 Å². The maximum atomic E-state index is 11.8. The summed E-state index contributed by atoms with van der Waals surface area (Å²) in [5.74, 6) is -0.0611. The summed E-state index contributed by atoms with van der Waals surface area (Å²) in [5.41, 5.74) is 0.756. The van der Waals surface area contributed by atoms with Gasteiger partial charge in [0.2, 0.25) is 0 Å². The van der Waals surface area contributed by atoms with E-state index in [-0.39, 0.29) is 5.91 Å². The molecular weight excluding hydrogens is 192 g/mol. The van der Waals surface area contributed by atoms with Crippen molar-refractivity contribution >= 4 is 5.91 Å². The van der Waals surface area contributed by atoms with Gasteiger partial charge in [-0.25, -0.2) is 0 Å². The van der Waals surface area contributed by atoms with Crippen molar-refractivity contribution in [2.75, 3.05) is 13.1 Å². The van der Waals surface area contributed by atoms with Crippen molar-refractivity contribution < 1.29 is 9.90 Å². The van der Waals surface area contributed by atoms with Crippen molar-refractivity contribution in [3.63, 3.8) is 0 Å². The predicted octanol–water partition coefficient (Wildman–Crippen LogP) is 0.597. The third-order valence-electron chi connectivity index (χ3n) is 2.51. The highest BCUT2D eigenvalue weighted by Gasteiger charge is 2.39. The fourth-order valence-electron chi connectivity index (χ4n) is 1.70. The lowest BCUT2D eigenvalue weighted by atomic mass is 9.96. The second-order valence-electron chi connectivity index (χ2n) is 4.35. The number of nitrogens with zero attached hydrogens (tertiary/aromatic N) is 2. The molecule has 80 valence electrons. The second kappa shape index (κ2) is 3.31. The quantitative estimate of drug-likeness (QED) is 0.732. The lowest BCUT2D eigenvalue weighted by Gasteiger charge is -2.44. The Kier molecular flexibility index (Phi) is 2.23. The van der Waals surface area contributed by atoms with Crippen LogP contribution in [0.4, 0.5) is 0 Å². The van der Waals surface area contributed by atoms with Crippen molar-refractivity contribution in [1.82, 2.24) is 9.88 Å². The highest BCUT2D eigenvalue weighted by molar-refractivity contribution is 5.94. The molecule has 1 aliphatic heterocycles. The van der Waals surface area contributed by atoms with Gasteiger partial charge in [0, 0.05) is 11.9 Å². The van der Waals surface area contributed by atoms with Crippen LogP contribution in [0.15, 0.2) is 18.3 Å². The van der Waals surface area contributed by atoms with Crippen LogP contribution in [-0.2, 0) is 0 Å². The van der Waals surface area contributed by atoms with Crippen LogP contribution in [0.25, 0.3) is 0 Å². The molecule has 0 aromatic carbocycles. The lowest BCUT2D eigenvalue weighted by molar-refractivity contribution is -0.0668. The predicted molar refractivity (Wildman–Crippen MR) is 55.5 cm³/mol. The Hall–Kier alpha value is -1.42. The molecule has 0 bridgehead atoms. The van der Waals surface area contributed by atoms with Gasteiger partial charge in [-0.15, -0.1) is 0 Å². The normalized spacial score (nSPS) is 18.5. The number of rotatable bonds is 1. The molecule has 0 aliphatic carbocycles. The fraction of sp³-hybridized carbons (Fsp3) is 0.455. The molecule has 1 fully saturated rings. The number of pyridine rings is 1. The van der Waals surface area contributed by atoms with Crippen LogP contribution in [-0.4, -0.2) is 39.6 Å². The van der Waals surface area contributed by atoms with Gasteiger partial charge in [0.05, 0.1) is 24.3 Å². The van der Waals surface area contributed by atoms with Crippen molar-refractivity contribution in [2.45, 2.75) is 19.4 Å². The Balaban J connectivity index is 2.07. The monoisotopic (exact) mass is 206 g/mol. The maximum absolute atomic E-state index is 11.8. The third kappa shape index (κ3) is 1.99. The third-order valence-corrected chi connectivity index (χ3v) is 2.51. The molecule has 0 radical (unpaired) electrons. The molecule has 4 nitrogen and oxygen atoms in total. The van der Waals surface area contributed by atoms with Gasteiger partial charge >= 0.3 is 0 Å². The fourth-order valence-corrected chi connectivity index (χ4v) is 1.70. The molecule has 1 aromatic heterocycles. The van der Waals surface area contributed by atoms with Crippen LogP contribution in [0.1, 0.15) is 23.0 Å². The molecular formula is C11H14N2O2. The molecule has 2 rings (SSSR count). The van der Waals surface area contributed by atoms with E-state index in [1.165, 1.54) is 0 Å². The van der Waals surface area contributed by atoms with E-state index >= 15 is 0 Å². The van der Waals surface area contributed by atoms with E-state index in [1.54, 1.807) is 24.1 Å². The number of aromatic nitrogens is 1. The number of hydrogen-bond donors (Lipinski definition) is 1. The molecule has 15 heavy (non-hydrogen) atoms. The molecule has 1 amide bonds. The number of likely N-dealkylation sites (tertiary alicyclic amines) is 1. The van der Waals surface area contributed by atoms with E-state index in [4.69, 9.17) is 0 Å². The van der Waals surface area contributed by atoms with Gasteiger partial charge in [0.15, 0.2) is 0 Å². The van der Waals surface area contributed by atoms with E-state index in [0.29, 0.717) is 18.7 Å². The van der Waals surface area contributed by atoms with Gasteiger partial charge in [-0.3, -0.25) is 9.78 Å². The van der Waals surface area contributed by atoms with Crippen LogP contribution in [0.2, 0.25) is 0 Å². The van der Waals surface area contributed by atoms with E-state index in [2.05, 4.69) is 4.98 Å². The first-order chi connectivity index (χ1) is 6.98. The van der Waals surface area contributed by atoms with Crippen LogP contribution < -0.4 is 0 Å². The van der Waals surface area contributed by atoms with E-state index in [0.717, 1.165) is 5.69 Å². The number of aliphatic hydroxyl groups is 1. The summed E-state index contributed by atoms with van der Waals surface area (Å²) in [6.45, 7) is 4.41. The summed E-state index contributed by atoms with van der Waals surface area (Å²) >= 11 is 0. The average molecular weight is 206 g/mol. The van der Waals surface area contributed by atoms with Crippen LogP contribution in [0.5, 0.6) is 0 Å². The molecule has 0 spiro atoms. The Bertz CT molecular complexity index is 376. The summed E-state index contributed by atoms with van der Waals surface area (Å²) in [5, 5.41) is 9.51. The lowest BCUT2D eigenvalue weighted by Crippen LogP contribution is -2.61. The van der Waals surface area contributed by atoms with Crippen LogP contribution in [0, 0.1) is 6.92 Å². The van der Waals surface area contributed by atoms with Gasteiger partial charge in [-0.1, -0.05) is 0 Å². The summed E-state index contributed by atoms with van der Waals surface area (Å²) < 4.78 is 0. The second-order valence-corrected chi connectivity index (χ2v) is 4.35. The number of amides is 1. The minimum Gasteiger partial charge on any atom is -0.386 e. The molecule has 1 N–H and O–H groups in total. The summed E-state index contributed by atoms with van der Waals surface area (Å²) in [6.07, 6.45) is 1.57. The van der Waals surface area contributed by atoms with Crippen molar-refractivity contribution in [3.8, 4) is 0 Å². The highest BCUT2D eigenvalue weighted by atomic mass is 16.3. The first-order valence-corrected chi connectivity index (χ1v) is 4.92. The first kappa shape index (κ1) is 10.1. The van der Waals surface area contributed by atoms with Gasteiger partial charge in [0.1, 0.15) is 0 Å². The average Bonchev–Trinajstić information content (AvgIpc) is 2.14. The van der Waals surface area contributed by atoms with E-state index in [9.17, 15) is 9.90 Å². The molecule has 2 heterocycles. The van der Waals surface area contributed by atoms with Crippen LogP contribution >= 0.6 is 0 Å². The number of carbonyl (C=O) groups is 1. The zero-order chi connectivity index (χ0) is 11.1. The van der Waals surface area contributed by atoms with E-state index < -0.39 is 5.60 Å². The Morgan fingerprint density at radius 2 is 2.20 bits per heavy atom. The standard InChI is InChI=1S/C11H14N2O2/c1-8-3-4-9(5-12-8)10(14)13-6-11(2,15)7-13/h3-5,15H,6-7H2,1-2H3. The SMILES string of the molecule is Cc1ccc(C(=O)N2CC(C)(O)C2)cn1. The Morgan fingerprint density at radius 1 is 1.53 bits per heavy atom. The summed E-state index contributed by atoms with van der Waals surface area (Å²) in [6, 6.07) is 3.57. The minimum absolute atomic E-state index is 0.0611. The van der Waals surface area contributed by atoms with Crippen molar-refractivity contribution in [1.29, 1.82) is 0 Å². The zero-order valence-electron chi connectivity index (χ0n) is 8.90. The van der Waals surface area contributed by atoms with Gasteiger partial charge in [-0.05, 0) is 26.0 Å². The largest absolute Gasteiger partial charge is 0.386 e. The maximum Gasteiger partial charge on any atom is 0.255 e. The number of hydrogen-bond acceptors (Lipinski definition) is 3. The van der Waals surface area contributed by atoms with Gasteiger partial charge in [-0.2, -0.15) is 0 Å². The molecule has 1 aliphatic rings. The first-order valence-electron chi connectivity index (χ1n) is 4.92. The molecule has 1 saturated heterocycles. The molecule has 1 aromatic rings. The molecule has 0 unspecified atom stereocenters. The van der Waals surface area contributed by atoms with Crippen molar-refractivity contribution in [2.24, 2.45) is 0 Å². The summed E-state index contributed by atoms with van der Waals surface area (Å²) in [7, 11) is 0. The van der Waals surface area contributed by atoms with Gasteiger partial charge < -0.3 is 10.0 Å². The molecule has 0 atom stereocenters. The smallest absolute Gasteiger partial charge is 0.255 e. The molecule has 4 heteroatoms. The number of carbonyl (C=O) groups excluding carboxylic acids is 1. The van der Waals surface area contributed by atoms with Crippen molar-refractivity contribution in [3.05, 3.63) is 29.6 Å².